The Morgan fingerprint density at radius 1 is 1.25 bits per heavy atom. The first-order chi connectivity index (χ1) is 9.63. The Kier molecular flexibility index (Phi) is 5.24. The zero-order valence-electron chi connectivity index (χ0n) is 11.4. The zero-order chi connectivity index (χ0) is 14.5. The molecule has 20 heavy (non-hydrogen) atoms. The molecule has 0 fully saturated rings. The monoisotopic (exact) mass is 310 g/mol. The van der Waals surface area contributed by atoms with E-state index < -0.39 is 0 Å². The lowest BCUT2D eigenvalue weighted by Crippen LogP contribution is -2.19. The zero-order valence-corrected chi connectivity index (χ0v) is 12.9. The van der Waals surface area contributed by atoms with Crippen molar-refractivity contribution in [3.05, 3.63) is 57.8 Å². The molecule has 2 rings (SSSR count). The van der Waals surface area contributed by atoms with Crippen LogP contribution in [-0.4, -0.2) is 19.1 Å². The average Bonchev–Trinajstić information content (AvgIpc) is 2.46. The molecular formula is C15H16Cl2N2O. The third kappa shape index (κ3) is 3.63. The number of nitrogens with one attached hydrogen (secondary N) is 1. The van der Waals surface area contributed by atoms with Gasteiger partial charge in [-0.25, -0.2) is 0 Å². The van der Waals surface area contributed by atoms with Gasteiger partial charge in [-0.05, 0) is 42.8 Å². The largest absolute Gasteiger partial charge is 0.495 e. The molecule has 2 aromatic rings. The highest BCUT2D eigenvalue weighted by atomic mass is 35.5. The maximum Gasteiger partial charge on any atom is 0.137 e. The summed E-state index contributed by atoms with van der Waals surface area (Å²) in [6, 6.07) is 7.63. The molecule has 0 aliphatic heterocycles. The number of halogens is 2. The second-order valence-corrected chi connectivity index (χ2v) is 5.28. The van der Waals surface area contributed by atoms with E-state index in [2.05, 4.69) is 10.3 Å². The Hall–Kier alpha value is -1.29. The molecule has 106 valence electrons. The van der Waals surface area contributed by atoms with Crippen LogP contribution in [0.2, 0.25) is 10.0 Å². The molecular weight excluding hydrogens is 295 g/mol. The molecule has 3 nitrogen and oxygen atoms in total. The van der Waals surface area contributed by atoms with E-state index in [-0.39, 0.29) is 6.04 Å². The van der Waals surface area contributed by atoms with Crippen molar-refractivity contribution in [3.8, 4) is 5.75 Å². The van der Waals surface area contributed by atoms with Crippen molar-refractivity contribution >= 4 is 23.2 Å². The third-order valence-electron chi connectivity index (χ3n) is 3.16. The van der Waals surface area contributed by atoms with Gasteiger partial charge in [0.25, 0.3) is 0 Å². The molecule has 1 aromatic carbocycles. The fourth-order valence-corrected chi connectivity index (χ4v) is 2.52. The van der Waals surface area contributed by atoms with E-state index in [0.29, 0.717) is 10.0 Å². The summed E-state index contributed by atoms with van der Waals surface area (Å²) in [7, 11) is 3.54. The Bertz CT molecular complexity index is 590. The molecule has 0 aliphatic carbocycles. The highest BCUT2D eigenvalue weighted by molar-refractivity contribution is 6.35. The SMILES string of the molecule is CNC(Cc1ccc(Cl)cc1Cl)c1cncc(OC)c1. The molecule has 0 bridgehead atoms. The lowest BCUT2D eigenvalue weighted by molar-refractivity contribution is 0.411. The van der Waals surface area contributed by atoms with Crippen LogP contribution in [0.5, 0.6) is 5.75 Å². The number of hydrogen-bond donors (Lipinski definition) is 1. The minimum absolute atomic E-state index is 0.108. The number of aromatic nitrogens is 1. The molecule has 1 heterocycles. The first kappa shape index (κ1) is 15.1. The van der Waals surface area contributed by atoms with Gasteiger partial charge in [-0.1, -0.05) is 29.3 Å². The van der Waals surface area contributed by atoms with E-state index >= 15 is 0 Å². The number of likely N-dealkylation sites (N-methyl/N-ethyl adjacent to an activating group) is 1. The highest BCUT2D eigenvalue weighted by Crippen LogP contribution is 2.27. The van der Waals surface area contributed by atoms with Gasteiger partial charge in [0.1, 0.15) is 5.75 Å². The molecule has 1 atom stereocenters. The summed E-state index contributed by atoms with van der Waals surface area (Å²) in [5.74, 6) is 0.741. The average molecular weight is 311 g/mol. The van der Waals surface area contributed by atoms with Crippen LogP contribution in [0.3, 0.4) is 0 Å². The number of nitrogens with zero attached hydrogens (tertiary/aromatic N) is 1. The smallest absolute Gasteiger partial charge is 0.137 e. The summed E-state index contributed by atoms with van der Waals surface area (Å²) in [4.78, 5) is 4.18. The maximum atomic E-state index is 6.22. The summed E-state index contributed by atoms with van der Waals surface area (Å²) >= 11 is 12.1. The molecule has 0 saturated carbocycles. The van der Waals surface area contributed by atoms with Crippen molar-refractivity contribution in [1.82, 2.24) is 10.3 Å². The molecule has 0 spiro atoms. The van der Waals surface area contributed by atoms with Gasteiger partial charge in [-0.15, -0.1) is 0 Å². The Morgan fingerprint density at radius 3 is 2.70 bits per heavy atom. The van der Waals surface area contributed by atoms with Gasteiger partial charge in [0.2, 0.25) is 0 Å². The minimum atomic E-state index is 0.108. The van der Waals surface area contributed by atoms with Crippen LogP contribution in [0.15, 0.2) is 36.7 Å². The van der Waals surface area contributed by atoms with E-state index in [1.54, 1.807) is 19.4 Å². The van der Waals surface area contributed by atoms with Crippen LogP contribution in [0.1, 0.15) is 17.2 Å². The normalized spacial score (nSPS) is 12.2. The lowest BCUT2D eigenvalue weighted by Gasteiger charge is -2.18. The van der Waals surface area contributed by atoms with Crippen molar-refractivity contribution in [2.45, 2.75) is 12.5 Å². The van der Waals surface area contributed by atoms with E-state index in [4.69, 9.17) is 27.9 Å². The van der Waals surface area contributed by atoms with Gasteiger partial charge in [-0.3, -0.25) is 4.98 Å². The van der Waals surface area contributed by atoms with E-state index in [0.717, 1.165) is 23.3 Å². The topological polar surface area (TPSA) is 34.2 Å². The van der Waals surface area contributed by atoms with Crippen LogP contribution < -0.4 is 10.1 Å². The molecule has 0 aliphatic rings. The maximum absolute atomic E-state index is 6.22. The van der Waals surface area contributed by atoms with Crippen molar-refractivity contribution in [2.75, 3.05) is 14.2 Å². The summed E-state index contributed by atoms with van der Waals surface area (Å²) in [5, 5.41) is 4.59. The first-order valence-electron chi connectivity index (χ1n) is 6.24. The van der Waals surface area contributed by atoms with Crippen molar-refractivity contribution in [3.63, 3.8) is 0 Å². The van der Waals surface area contributed by atoms with Crippen molar-refractivity contribution in [1.29, 1.82) is 0 Å². The van der Waals surface area contributed by atoms with Crippen LogP contribution in [0.25, 0.3) is 0 Å². The summed E-state index contributed by atoms with van der Waals surface area (Å²) in [6.07, 6.45) is 4.26. The van der Waals surface area contributed by atoms with Gasteiger partial charge in [0, 0.05) is 22.3 Å². The van der Waals surface area contributed by atoms with E-state index in [9.17, 15) is 0 Å². The van der Waals surface area contributed by atoms with E-state index in [1.807, 2.05) is 31.4 Å². The van der Waals surface area contributed by atoms with Gasteiger partial charge >= 0.3 is 0 Å². The number of hydrogen-bond acceptors (Lipinski definition) is 3. The second kappa shape index (κ2) is 6.93. The second-order valence-electron chi connectivity index (χ2n) is 4.44. The number of rotatable bonds is 5. The first-order valence-corrected chi connectivity index (χ1v) is 6.99. The van der Waals surface area contributed by atoms with Gasteiger partial charge in [0.15, 0.2) is 0 Å². The number of pyridine rings is 1. The minimum Gasteiger partial charge on any atom is -0.495 e. The molecule has 5 heteroatoms. The fraction of sp³-hybridized carbons (Fsp3) is 0.267. The highest BCUT2D eigenvalue weighted by Gasteiger charge is 2.13. The molecule has 1 aromatic heterocycles. The molecule has 1 N–H and O–H groups in total. The van der Waals surface area contributed by atoms with Gasteiger partial charge < -0.3 is 10.1 Å². The standard InChI is InChI=1S/C15H16Cl2N2O/c1-18-15(11-5-13(20-2)9-19-8-11)6-10-3-4-12(16)7-14(10)17/h3-5,7-9,15,18H,6H2,1-2H3. The predicted molar refractivity (Wildman–Crippen MR) is 82.8 cm³/mol. The molecule has 1 unspecified atom stereocenters. The van der Waals surface area contributed by atoms with Gasteiger partial charge in [-0.2, -0.15) is 0 Å². The molecule has 0 amide bonds. The number of methoxy groups -OCH3 is 1. The Morgan fingerprint density at radius 2 is 2.05 bits per heavy atom. The summed E-state index contributed by atoms with van der Waals surface area (Å²) < 4.78 is 5.21. The van der Waals surface area contributed by atoms with Crippen LogP contribution in [-0.2, 0) is 6.42 Å². The quantitative estimate of drug-likeness (QED) is 0.909. The predicted octanol–water partition coefficient (Wildman–Crippen LogP) is 3.90. The van der Waals surface area contributed by atoms with Crippen molar-refractivity contribution < 1.29 is 4.74 Å². The van der Waals surface area contributed by atoms with Crippen molar-refractivity contribution in [2.24, 2.45) is 0 Å². The van der Waals surface area contributed by atoms with Crippen LogP contribution >= 0.6 is 23.2 Å². The summed E-state index contributed by atoms with van der Waals surface area (Å²) in [5.41, 5.74) is 2.09. The number of benzene rings is 1. The Balaban J connectivity index is 2.23. The Labute approximate surface area is 128 Å². The van der Waals surface area contributed by atoms with E-state index in [1.165, 1.54) is 0 Å². The lowest BCUT2D eigenvalue weighted by atomic mass is 10.0. The number of ether oxygens (including phenoxy) is 1. The fourth-order valence-electron chi connectivity index (χ4n) is 2.03. The van der Waals surface area contributed by atoms with Crippen LogP contribution in [0, 0.1) is 0 Å². The van der Waals surface area contributed by atoms with Gasteiger partial charge in [0.05, 0.1) is 13.3 Å². The third-order valence-corrected chi connectivity index (χ3v) is 3.75. The van der Waals surface area contributed by atoms with Crippen LogP contribution in [0.4, 0.5) is 0 Å². The molecule has 0 saturated heterocycles. The summed E-state index contributed by atoms with van der Waals surface area (Å²) in [6.45, 7) is 0. The molecule has 0 radical (unpaired) electrons.